The molecule has 2 heteroatoms. The average molecular weight is 254 g/mol. The van der Waals surface area contributed by atoms with Gasteiger partial charge in [0.15, 0.2) is 0 Å². The van der Waals surface area contributed by atoms with Crippen LogP contribution in [0.1, 0.15) is 33.9 Å². The minimum atomic E-state index is 0.154. The van der Waals surface area contributed by atoms with E-state index in [9.17, 15) is 0 Å². The normalized spacial score (nSPS) is 12.4. The van der Waals surface area contributed by atoms with Crippen LogP contribution in [0.4, 0.5) is 0 Å². The minimum absolute atomic E-state index is 0.154. The second kappa shape index (κ2) is 6.00. The topological polar surface area (TPSA) is 38.0 Å². The van der Waals surface area contributed by atoms with Gasteiger partial charge in [-0.2, -0.15) is 0 Å². The van der Waals surface area contributed by atoms with Crippen molar-refractivity contribution in [1.82, 2.24) is 5.43 Å². The molecule has 0 saturated heterocycles. The van der Waals surface area contributed by atoms with Crippen LogP contribution in [-0.4, -0.2) is 0 Å². The molecule has 2 rings (SSSR count). The molecule has 0 fully saturated rings. The zero-order chi connectivity index (χ0) is 13.8. The SMILES string of the molecule is Cc1cccc(CC(NN)c2ccc(C)c(C)c2)c1. The van der Waals surface area contributed by atoms with Crippen molar-refractivity contribution in [2.75, 3.05) is 0 Å². The molecule has 19 heavy (non-hydrogen) atoms. The standard InChI is InChI=1S/C17H22N2/c1-12-5-4-6-15(9-12)11-17(19-18)16-8-7-13(2)14(3)10-16/h4-10,17,19H,11,18H2,1-3H3. The van der Waals surface area contributed by atoms with E-state index in [1.165, 1.54) is 27.8 Å². The number of hydrogen-bond donors (Lipinski definition) is 2. The second-order valence-electron chi connectivity index (χ2n) is 5.26. The predicted octanol–water partition coefficient (Wildman–Crippen LogP) is 3.36. The van der Waals surface area contributed by atoms with E-state index >= 15 is 0 Å². The summed E-state index contributed by atoms with van der Waals surface area (Å²) in [5.41, 5.74) is 9.39. The molecule has 1 atom stereocenters. The zero-order valence-corrected chi connectivity index (χ0v) is 11.9. The molecule has 0 bridgehead atoms. The Balaban J connectivity index is 2.22. The van der Waals surface area contributed by atoms with Gasteiger partial charge in [-0.05, 0) is 49.4 Å². The summed E-state index contributed by atoms with van der Waals surface area (Å²) in [6.45, 7) is 6.38. The molecule has 0 heterocycles. The van der Waals surface area contributed by atoms with Gasteiger partial charge < -0.3 is 0 Å². The van der Waals surface area contributed by atoms with Gasteiger partial charge in [0, 0.05) is 6.04 Å². The van der Waals surface area contributed by atoms with Gasteiger partial charge in [-0.3, -0.25) is 11.3 Å². The van der Waals surface area contributed by atoms with Gasteiger partial charge in [-0.25, -0.2) is 0 Å². The minimum Gasteiger partial charge on any atom is -0.271 e. The molecule has 3 N–H and O–H groups in total. The van der Waals surface area contributed by atoms with Crippen molar-refractivity contribution in [2.24, 2.45) is 5.84 Å². The van der Waals surface area contributed by atoms with Crippen molar-refractivity contribution in [3.8, 4) is 0 Å². The monoisotopic (exact) mass is 254 g/mol. The fraction of sp³-hybridized carbons (Fsp3) is 0.294. The first-order chi connectivity index (χ1) is 9.10. The fourth-order valence-electron chi connectivity index (χ4n) is 2.33. The Labute approximate surface area is 115 Å². The Hall–Kier alpha value is -1.64. The average Bonchev–Trinajstić information content (AvgIpc) is 2.39. The highest BCUT2D eigenvalue weighted by Crippen LogP contribution is 2.21. The quantitative estimate of drug-likeness (QED) is 0.648. The molecule has 0 aromatic heterocycles. The zero-order valence-electron chi connectivity index (χ0n) is 11.9. The van der Waals surface area contributed by atoms with Crippen LogP contribution in [0.3, 0.4) is 0 Å². The molecule has 1 unspecified atom stereocenters. The molecule has 0 aliphatic carbocycles. The van der Waals surface area contributed by atoms with Crippen LogP contribution in [0.25, 0.3) is 0 Å². The van der Waals surface area contributed by atoms with Crippen molar-refractivity contribution in [1.29, 1.82) is 0 Å². The summed E-state index contributed by atoms with van der Waals surface area (Å²) in [6, 6.07) is 15.3. The molecule has 0 saturated carbocycles. The van der Waals surface area contributed by atoms with E-state index in [1.807, 2.05) is 0 Å². The maximum absolute atomic E-state index is 5.73. The lowest BCUT2D eigenvalue weighted by atomic mass is 9.96. The largest absolute Gasteiger partial charge is 0.271 e. The summed E-state index contributed by atoms with van der Waals surface area (Å²) in [5, 5.41) is 0. The lowest BCUT2D eigenvalue weighted by Gasteiger charge is -2.18. The number of benzene rings is 2. The number of hydrazine groups is 1. The fourth-order valence-corrected chi connectivity index (χ4v) is 2.33. The van der Waals surface area contributed by atoms with Crippen LogP contribution in [0.2, 0.25) is 0 Å². The molecule has 100 valence electrons. The van der Waals surface area contributed by atoms with Crippen molar-refractivity contribution in [3.05, 3.63) is 70.3 Å². The first-order valence-corrected chi connectivity index (χ1v) is 6.69. The van der Waals surface area contributed by atoms with Gasteiger partial charge in [0.1, 0.15) is 0 Å². The molecule has 2 nitrogen and oxygen atoms in total. The van der Waals surface area contributed by atoms with E-state index in [2.05, 4.69) is 68.7 Å². The molecule has 0 aliphatic rings. The Bertz CT molecular complexity index is 561. The molecule has 2 aromatic rings. The van der Waals surface area contributed by atoms with E-state index in [-0.39, 0.29) is 6.04 Å². The van der Waals surface area contributed by atoms with Crippen LogP contribution in [0.5, 0.6) is 0 Å². The van der Waals surface area contributed by atoms with Gasteiger partial charge in [0.05, 0.1) is 0 Å². The van der Waals surface area contributed by atoms with Gasteiger partial charge in [0.25, 0.3) is 0 Å². The van der Waals surface area contributed by atoms with E-state index in [1.54, 1.807) is 0 Å². The van der Waals surface area contributed by atoms with Gasteiger partial charge in [-0.1, -0.05) is 48.0 Å². The molecule has 0 amide bonds. The molecule has 0 aliphatic heterocycles. The highest BCUT2D eigenvalue weighted by atomic mass is 15.2. The van der Waals surface area contributed by atoms with Crippen molar-refractivity contribution in [3.63, 3.8) is 0 Å². The molecular weight excluding hydrogens is 232 g/mol. The van der Waals surface area contributed by atoms with E-state index in [4.69, 9.17) is 5.84 Å². The number of hydrogen-bond acceptors (Lipinski definition) is 2. The first kappa shape index (κ1) is 13.8. The Kier molecular flexibility index (Phi) is 4.35. The summed E-state index contributed by atoms with van der Waals surface area (Å²) in [5.74, 6) is 5.73. The van der Waals surface area contributed by atoms with E-state index in [0.717, 1.165) is 6.42 Å². The van der Waals surface area contributed by atoms with E-state index < -0.39 is 0 Å². The molecular formula is C17H22N2. The van der Waals surface area contributed by atoms with Crippen molar-refractivity contribution < 1.29 is 0 Å². The summed E-state index contributed by atoms with van der Waals surface area (Å²) < 4.78 is 0. The number of aryl methyl sites for hydroxylation is 3. The third-order valence-electron chi connectivity index (χ3n) is 3.66. The number of rotatable bonds is 4. The predicted molar refractivity (Wildman–Crippen MR) is 80.9 cm³/mol. The smallest absolute Gasteiger partial charge is 0.0500 e. The molecule has 0 spiro atoms. The van der Waals surface area contributed by atoms with Gasteiger partial charge in [0.2, 0.25) is 0 Å². The van der Waals surface area contributed by atoms with E-state index in [0.29, 0.717) is 0 Å². The highest BCUT2D eigenvalue weighted by molar-refractivity contribution is 5.33. The summed E-state index contributed by atoms with van der Waals surface area (Å²) >= 11 is 0. The third-order valence-corrected chi connectivity index (χ3v) is 3.66. The van der Waals surface area contributed by atoms with Crippen LogP contribution in [-0.2, 0) is 6.42 Å². The van der Waals surface area contributed by atoms with Crippen LogP contribution < -0.4 is 11.3 Å². The lowest BCUT2D eigenvalue weighted by molar-refractivity contribution is 0.551. The Morgan fingerprint density at radius 1 is 1.00 bits per heavy atom. The summed E-state index contributed by atoms with van der Waals surface area (Å²) in [7, 11) is 0. The molecule has 0 radical (unpaired) electrons. The summed E-state index contributed by atoms with van der Waals surface area (Å²) in [6.07, 6.45) is 0.903. The third kappa shape index (κ3) is 3.43. The Morgan fingerprint density at radius 3 is 2.42 bits per heavy atom. The number of nitrogens with one attached hydrogen (secondary N) is 1. The lowest BCUT2D eigenvalue weighted by Crippen LogP contribution is -2.29. The van der Waals surface area contributed by atoms with Crippen molar-refractivity contribution >= 4 is 0 Å². The first-order valence-electron chi connectivity index (χ1n) is 6.69. The van der Waals surface area contributed by atoms with Gasteiger partial charge in [-0.15, -0.1) is 0 Å². The number of nitrogens with two attached hydrogens (primary N) is 1. The highest BCUT2D eigenvalue weighted by Gasteiger charge is 2.11. The summed E-state index contributed by atoms with van der Waals surface area (Å²) in [4.78, 5) is 0. The van der Waals surface area contributed by atoms with Crippen LogP contribution in [0.15, 0.2) is 42.5 Å². The van der Waals surface area contributed by atoms with Crippen LogP contribution >= 0.6 is 0 Å². The molecule has 2 aromatic carbocycles. The Morgan fingerprint density at radius 2 is 1.79 bits per heavy atom. The second-order valence-corrected chi connectivity index (χ2v) is 5.26. The maximum Gasteiger partial charge on any atom is 0.0500 e. The van der Waals surface area contributed by atoms with Gasteiger partial charge >= 0.3 is 0 Å². The van der Waals surface area contributed by atoms with Crippen molar-refractivity contribution in [2.45, 2.75) is 33.2 Å². The van der Waals surface area contributed by atoms with Crippen LogP contribution in [0, 0.1) is 20.8 Å². The maximum atomic E-state index is 5.73.